The molecule has 0 unspecified atom stereocenters. The number of amides is 1. The van der Waals surface area contributed by atoms with Crippen LogP contribution in [0.3, 0.4) is 0 Å². The number of β-lactam (4-membered cyclic amide) rings is 1. The Kier molecular flexibility index (Phi) is 4.22. The lowest BCUT2D eigenvalue weighted by molar-refractivity contribution is -0.167. The Morgan fingerprint density at radius 3 is 2.46 bits per heavy atom. The van der Waals surface area contributed by atoms with Gasteiger partial charge in [0.1, 0.15) is 11.4 Å². The van der Waals surface area contributed by atoms with E-state index in [0.717, 1.165) is 0 Å². The molecule has 10 heteroatoms. The highest BCUT2D eigenvalue weighted by molar-refractivity contribution is 9.10. The van der Waals surface area contributed by atoms with E-state index in [4.69, 9.17) is 4.18 Å². The summed E-state index contributed by atoms with van der Waals surface area (Å²) in [6.45, 7) is 3.42. The number of thioether (sulfide) groups is 1. The zero-order chi connectivity index (χ0) is 17.9. The third kappa shape index (κ3) is 2.75. The van der Waals surface area contributed by atoms with Gasteiger partial charge in [-0.1, -0.05) is 15.9 Å². The average molecular weight is 436 g/mol. The summed E-state index contributed by atoms with van der Waals surface area (Å²) in [5, 5.41) is 8.71. The van der Waals surface area contributed by atoms with Crippen LogP contribution in [-0.2, 0) is 23.9 Å². The van der Waals surface area contributed by atoms with Crippen molar-refractivity contribution in [3.63, 3.8) is 0 Å². The first kappa shape index (κ1) is 17.7. The molecule has 2 aliphatic heterocycles. The summed E-state index contributed by atoms with van der Waals surface area (Å²) in [7, 11) is -4.11. The summed E-state index contributed by atoms with van der Waals surface area (Å²) < 4.78 is 29.7. The molecular weight excluding hydrogens is 422 g/mol. The summed E-state index contributed by atoms with van der Waals surface area (Å²) in [5.41, 5.74) is 0. The molecule has 1 aromatic carbocycles. The van der Waals surface area contributed by atoms with E-state index in [2.05, 4.69) is 15.9 Å². The normalized spacial score (nSPS) is 28.4. The number of fused-ring (bicyclic) bond motifs is 1. The first-order chi connectivity index (χ1) is 11.0. The summed E-state index contributed by atoms with van der Waals surface area (Å²) >= 11 is 4.44. The quantitative estimate of drug-likeness (QED) is 0.566. The molecule has 0 bridgehead atoms. The van der Waals surface area contributed by atoms with Gasteiger partial charge in [-0.15, -0.1) is 11.8 Å². The van der Waals surface area contributed by atoms with Crippen molar-refractivity contribution in [3.05, 3.63) is 28.7 Å². The van der Waals surface area contributed by atoms with Crippen molar-refractivity contribution in [1.82, 2.24) is 4.90 Å². The number of carbonyl (C=O) groups is 2. The lowest BCUT2D eigenvalue weighted by atomic mass is 9.97. The van der Waals surface area contributed by atoms with E-state index in [1.807, 2.05) is 0 Å². The summed E-state index contributed by atoms with van der Waals surface area (Å²) in [6.07, 6.45) is -1.20. The Labute approximate surface area is 151 Å². The molecule has 130 valence electrons. The maximum Gasteiger partial charge on any atom is 0.327 e. The molecular formula is C14H14BrNO6S2. The van der Waals surface area contributed by atoms with Gasteiger partial charge in [0.2, 0.25) is 0 Å². The van der Waals surface area contributed by atoms with Crippen LogP contribution < -0.4 is 0 Å². The van der Waals surface area contributed by atoms with E-state index in [1.54, 1.807) is 26.0 Å². The van der Waals surface area contributed by atoms with Crippen LogP contribution in [0.5, 0.6) is 0 Å². The van der Waals surface area contributed by atoms with Gasteiger partial charge in [-0.3, -0.25) is 4.79 Å². The van der Waals surface area contributed by atoms with Crippen molar-refractivity contribution in [3.8, 4) is 0 Å². The Bertz CT molecular complexity index is 807. The predicted molar refractivity (Wildman–Crippen MR) is 89.9 cm³/mol. The number of aliphatic carboxylic acids is 1. The molecule has 1 N–H and O–H groups in total. The number of carboxylic acids is 1. The van der Waals surface area contributed by atoms with Gasteiger partial charge in [-0.25, -0.2) is 8.98 Å². The summed E-state index contributed by atoms with van der Waals surface area (Å²) in [6, 6.07) is 4.84. The molecule has 2 heterocycles. The third-order valence-corrected chi connectivity index (χ3v) is 7.34. The zero-order valence-corrected chi connectivity index (χ0v) is 15.9. The number of rotatable bonds is 4. The lowest BCUT2D eigenvalue weighted by Crippen LogP contribution is -2.66. The molecule has 0 aliphatic carbocycles. The van der Waals surface area contributed by atoms with E-state index in [0.29, 0.717) is 4.47 Å². The topological polar surface area (TPSA) is 101 Å². The van der Waals surface area contributed by atoms with Gasteiger partial charge in [-0.05, 0) is 38.1 Å². The van der Waals surface area contributed by atoms with Crippen molar-refractivity contribution in [2.75, 3.05) is 0 Å². The van der Waals surface area contributed by atoms with Gasteiger partial charge in [0.25, 0.3) is 16.0 Å². The monoisotopic (exact) mass is 435 g/mol. The van der Waals surface area contributed by atoms with Crippen molar-refractivity contribution in [2.24, 2.45) is 0 Å². The molecule has 1 amide bonds. The number of hydrogen-bond acceptors (Lipinski definition) is 6. The predicted octanol–water partition coefficient (Wildman–Crippen LogP) is 1.67. The van der Waals surface area contributed by atoms with Gasteiger partial charge in [0.05, 0.1) is 4.90 Å². The van der Waals surface area contributed by atoms with Gasteiger partial charge >= 0.3 is 5.97 Å². The first-order valence-electron chi connectivity index (χ1n) is 6.96. The van der Waals surface area contributed by atoms with Crippen LogP contribution in [0, 0.1) is 0 Å². The van der Waals surface area contributed by atoms with Gasteiger partial charge in [0, 0.05) is 9.22 Å². The molecule has 2 saturated heterocycles. The average Bonchev–Trinajstić information content (AvgIpc) is 2.74. The van der Waals surface area contributed by atoms with E-state index in [-0.39, 0.29) is 4.90 Å². The number of benzene rings is 1. The van der Waals surface area contributed by atoms with E-state index in [1.165, 1.54) is 28.8 Å². The zero-order valence-electron chi connectivity index (χ0n) is 12.7. The van der Waals surface area contributed by atoms with E-state index >= 15 is 0 Å². The summed E-state index contributed by atoms with van der Waals surface area (Å²) in [4.78, 5) is 24.8. The van der Waals surface area contributed by atoms with Crippen molar-refractivity contribution in [1.29, 1.82) is 0 Å². The second-order valence-electron chi connectivity index (χ2n) is 6.02. The highest BCUT2D eigenvalue weighted by Crippen LogP contribution is 2.52. The molecule has 0 saturated carbocycles. The molecule has 0 radical (unpaired) electrons. The minimum Gasteiger partial charge on any atom is -0.480 e. The van der Waals surface area contributed by atoms with Crippen LogP contribution in [0.15, 0.2) is 33.6 Å². The molecule has 2 aliphatic rings. The van der Waals surface area contributed by atoms with Gasteiger partial charge in [0.15, 0.2) is 6.10 Å². The van der Waals surface area contributed by atoms with Crippen molar-refractivity contribution >= 4 is 49.7 Å². The van der Waals surface area contributed by atoms with Gasteiger partial charge < -0.3 is 10.0 Å². The fourth-order valence-corrected chi connectivity index (χ4v) is 5.84. The largest absolute Gasteiger partial charge is 0.480 e. The molecule has 2 fully saturated rings. The fraction of sp³-hybridized carbons (Fsp3) is 0.429. The fourth-order valence-electron chi connectivity index (χ4n) is 2.86. The Morgan fingerprint density at radius 1 is 1.33 bits per heavy atom. The molecule has 3 atom stereocenters. The van der Waals surface area contributed by atoms with Crippen LogP contribution in [0.4, 0.5) is 0 Å². The molecule has 0 spiro atoms. The lowest BCUT2D eigenvalue weighted by Gasteiger charge is -2.42. The molecule has 7 nitrogen and oxygen atoms in total. The standard InChI is InChI=1S/C14H14BrNO6S2/c1-14(2)10(13(18)19)16-11(17)9(12(16)23-14)22-24(20,21)8-5-3-7(15)4-6-8/h3-6,9-10,12H,1-2H3,(H,18,19)/t9-,10+,12-/m1/s1. The van der Waals surface area contributed by atoms with E-state index in [9.17, 15) is 23.1 Å². The molecule has 1 aromatic rings. The maximum atomic E-state index is 12.3. The number of halogens is 1. The second kappa shape index (κ2) is 5.72. The minimum atomic E-state index is -4.11. The number of carboxylic acid groups (broad SMARTS) is 1. The van der Waals surface area contributed by atoms with Crippen LogP contribution in [0.25, 0.3) is 0 Å². The number of nitrogens with zero attached hydrogens (tertiary/aromatic N) is 1. The Balaban J connectivity index is 1.82. The molecule has 24 heavy (non-hydrogen) atoms. The highest BCUT2D eigenvalue weighted by Gasteiger charge is 2.65. The van der Waals surface area contributed by atoms with Crippen molar-refractivity contribution < 1.29 is 27.3 Å². The van der Waals surface area contributed by atoms with Crippen LogP contribution >= 0.6 is 27.7 Å². The van der Waals surface area contributed by atoms with Gasteiger partial charge in [-0.2, -0.15) is 8.42 Å². The van der Waals surface area contributed by atoms with Crippen LogP contribution in [0.2, 0.25) is 0 Å². The van der Waals surface area contributed by atoms with Crippen LogP contribution in [-0.4, -0.2) is 52.6 Å². The maximum absolute atomic E-state index is 12.3. The SMILES string of the molecule is CC1(C)S[C@@H]2[C@H](OS(=O)(=O)c3ccc(Br)cc3)C(=O)N2[C@H]1C(=O)O. The third-order valence-electron chi connectivity index (χ3n) is 3.96. The first-order valence-corrected chi connectivity index (χ1v) is 10.0. The van der Waals surface area contributed by atoms with Crippen LogP contribution in [0.1, 0.15) is 13.8 Å². The van der Waals surface area contributed by atoms with Crippen molar-refractivity contribution in [2.45, 2.75) is 41.0 Å². The number of hydrogen-bond donors (Lipinski definition) is 1. The number of carbonyl (C=O) groups excluding carboxylic acids is 1. The molecule has 3 rings (SSSR count). The smallest absolute Gasteiger partial charge is 0.327 e. The Morgan fingerprint density at radius 2 is 1.92 bits per heavy atom. The molecule has 0 aromatic heterocycles. The highest BCUT2D eigenvalue weighted by atomic mass is 79.9. The Hall–Kier alpha value is -1.10. The van der Waals surface area contributed by atoms with E-state index < -0.39 is 44.3 Å². The minimum absolute atomic E-state index is 0.0611. The summed E-state index contributed by atoms with van der Waals surface area (Å²) in [5.74, 6) is -1.73. The second-order valence-corrected chi connectivity index (χ2v) is 10.3.